The first kappa shape index (κ1) is 12.5. The maximum absolute atomic E-state index is 8.70. The van der Waals surface area contributed by atoms with Gasteiger partial charge < -0.3 is 10.4 Å². The van der Waals surface area contributed by atoms with E-state index >= 15 is 0 Å². The van der Waals surface area contributed by atoms with E-state index in [0.29, 0.717) is 0 Å². The molecule has 0 aliphatic rings. The van der Waals surface area contributed by atoms with Gasteiger partial charge in [0.05, 0.1) is 6.04 Å². The number of hydrogen-bond acceptors (Lipinski definition) is 2. The summed E-state index contributed by atoms with van der Waals surface area (Å²) in [6.07, 6.45) is 7.13. The van der Waals surface area contributed by atoms with Crippen LogP contribution in [0.25, 0.3) is 0 Å². The molecule has 0 aliphatic heterocycles. The lowest BCUT2D eigenvalue weighted by Crippen LogP contribution is -2.34. The minimum absolute atomic E-state index is 0.133. The van der Waals surface area contributed by atoms with Crippen LogP contribution in [-0.4, -0.2) is 24.3 Å². The van der Waals surface area contributed by atoms with Crippen LogP contribution < -0.4 is 5.32 Å². The Labute approximate surface area is 81.7 Å². The van der Waals surface area contributed by atoms with E-state index in [-0.39, 0.29) is 18.1 Å². The van der Waals surface area contributed by atoms with E-state index in [1.54, 1.807) is 0 Å². The van der Waals surface area contributed by atoms with Gasteiger partial charge in [0.15, 0.2) is 0 Å². The molecule has 2 N–H and O–H groups in total. The summed E-state index contributed by atoms with van der Waals surface area (Å²) in [6, 6.07) is 0.133. The summed E-state index contributed by atoms with van der Waals surface area (Å²) in [4.78, 5) is 0. The van der Waals surface area contributed by atoms with Crippen LogP contribution in [0.15, 0.2) is 0 Å². The average Bonchev–Trinajstić information content (AvgIpc) is 2.11. The molecule has 0 amide bonds. The summed E-state index contributed by atoms with van der Waals surface area (Å²) < 4.78 is 0. The predicted octanol–water partition coefficient (Wildman–Crippen LogP) is 1.40. The fraction of sp³-hybridized carbons (Fsp3) is 0.818. The van der Waals surface area contributed by atoms with Crippen LogP contribution in [0.5, 0.6) is 0 Å². The van der Waals surface area contributed by atoms with Crippen molar-refractivity contribution in [3.8, 4) is 12.3 Å². The Morgan fingerprint density at radius 2 is 2.15 bits per heavy atom. The molecule has 0 saturated heterocycles. The van der Waals surface area contributed by atoms with Gasteiger partial charge in [-0.3, -0.25) is 0 Å². The fourth-order valence-electron chi connectivity index (χ4n) is 1.13. The van der Waals surface area contributed by atoms with Crippen molar-refractivity contribution < 1.29 is 5.11 Å². The van der Waals surface area contributed by atoms with Gasteiger partial charge in [-0.05, 0) is 25.2 Å². The van der Waals surface area contributed by atoms with Crippen LogP contribution in [0.1, 0.15) is 33.6 Å². The van der Waals surface area contributed by atoms with Crippen LogP contribution in [0, 0.1) is 17.8 Å². The van der Waals surface area contributed by atoms with Gasteiger partial charge in [0, 0.05) is 13.2 Å². The molecule has 1 atom stereocenters. The minimum Gasteiger partial charge on any atom is -0.396 e. The molecule has 13 heavy (non-hydrogen) atoms. The molecule has 0 aromatic heterocycles. The third-order valence-electron chi connectivity index (χ3n) is 2.15. The molecule has 0 saturated carbocycles. The van der Waals surface area contributed by atoms with E-state index in [1.807, 2.05) is 6.92 Å². The lowest BCUT2D eigenvalue weighted by Gasteiger charge is -2.25. The number of hydrogen-bond donors (Lipinski definition) is 2. The van der Waals surface area contributed by atoms with Gasteiger partial charge in [-0.25, -0.2) is 0 Å². The van der Waals surface area contributed by atoms with E-state index in [1.165, 1.54) is 0 Å². The second-order valence-corrected chi connectivity index (χ2v) is 4.26. The first-order valence-corrected chi connectivity index (χ1v) is 4.82. The quantitative estimate of drug-likeness (QED) is 0.610. The fourth-order valence-corrected chi connectivity index (χ4v) is 1.13. The predicted molar refractivity (Wildman–Crippen MR) is 56.4 cm³/mol. The Morgan fingerprint density at radius 1 is 1.54 bits per heavy atom. The van der Waals surface area contributed by atoms with Crippen molar-refractivity contribution in [2.75, 3.05) is 13.2 Å². The Morgan fingerprint density at radius 3 is 2.62 bits per heavy atom. The molecule has 0 bridgehead atoms. The summed E-state index contributed by atoms with van der Waals surface area (Å²) in [7, 11) is 0. The summed E-state index contributed by atoms with van der Waals surface area (Å²) in [6.45, 7) is 7.51. The standard InChI is InChI=1S/C11H21NO/c1-5-10(2)12-9-11(3,4)7-6-8-13/h1,10,12-13H,6-9H2,2-4H3. The van der Waals surface area contributed by atoms with Gasteiger partial charge in [-0.2, -0.15) is 0 Å². The largest absolute Gasteiger partial charge is 0.396 e. The van der Waals surface area contributed by atoms with Crippen LogP contribution in [0.3, 0.4) is 0 Å². The van der Waals surface area contributed by atoms with E-state index in [2.05, 4.69) is 25.1 Å². The van der Waals surface area contributed by atoms with Crippen molar-refractivity contribution in [3.05, 3.63) is 0 Å². The monoisotopic (exact) mass is 183 g/mol. The van der Waals surface area contributed by atoms with E-state index in [9.17, 15) is 0 Å². The van der Waals surface area contributed by atoms with Crippen molar-refractivity contribution >= 4 is 0 Å². The molecule has 0 fully saturated rings. The summed E-state index contributed by atoms with van der Waals surface area (Å²) in [5.41, 5.74) is 0.216. The first-order valence-electron chi connectivity index (χ1n) is 4.82. The number of nitrogens with one attached hydrogen (secondary N) is 1. The average molecular weight is 183 g/mol. The van der Waals surface area contributed by atoms with Crippen LogP contribution in [0.2, 0.25) is 0 Å². The zero-order chi connectivity index (χ0) is 10.3. The Kier molecular flexibility index (Phi) is 5.77. The van der Waals surface area contributed by atoms with Crippen molar-refractivity contribution in [3.63, 3.8) is 0 Å². The summed E-state index contributed by atoms with van der Waals surface area (Å²) in [5, 5.41) is 12.0. The highest BCUT2D eigenvalue weighted by Crippen LogP contribution is 2.20. The summed E-state index contributed by atoms with van der Waals surface area (Å²) >= 11 is 0. The van der Waals surface area contributed by atoms with Gasteiger partial charge in [-0.1, -0.05) is 19.8 Å². The lowest BCUT2D eigenvalue weighted by molar-refractivity contribution is 0.235. The number of aliphatic hydroxyl groups is 1. The second-order valence-electron chi connectivity index (χ2n) is 4.26. The van der Waals surface area contributed by atoms with E-state index < -0.39 is 0 Å². The van der Waals surface area contributed by atoms with Crippen molar-refractivity contribution in [2.45, 2.75) is 39.7 Å². The SMILES string of the molecule is C#CC(C)NCC(C)(C)CCCO. The molecular formula is C11H21NO. The second kappa shape index (κ2) is 6.01. The van der Waals surface area contributed by atoms with Gasteiger partial charge in [0.25, 0.3) is 0 Å². The van der Waals surface area contributed by atoms with Crippen molar-refractivity contribution in [2.24, 2.45) is 5.41 Å². The number of terminal acetylenes is 1. The van der Waals surface area contributed by atoms with Gasteiger partial charge >= 0.3 is 0 Å². The van der Waals surface area contributed by atoms with Crippen LogP contribution in [-0.2, 0) is 0 Å². The zero-order valence-electron chi connectivity index (χ0n) is 8.93. The smallest absolute Gasteiger partial charge is 0.0658 e. The first-order chi connectivity index (χ1) is 6.02. The summed E-state index contributed by atoms with van der Waals surface area (Å²) in [5.74, 6) is 2.63. The molecule has 0 aromatic carbocycles. The normalized spacial score (nSPS) is 13.8. The lowest BCUT2D eigenvalue weighted by atomic mass is 9.87. The third-order valence-corrected chi connectivity index (χ3v) is 2.15. The van der Waals surface area contributed by atoms with Gasteiger partial charge in [0.2, 0.25) is 0 Å². The molecule has 0 radical (unpaired) electrons. The molecular weight excluding hydrogens is 162 g/mol. The zero-order valence-corrected chi connectivity index (χ0v) is 8.93. The highest BCUT2D eigenvalue weighted by Gasteiger charge is 2.17. The molecule has 0 spiro atoms. The Bertz CT molecular complexity index is 169. The highest BCUT2D eigenvalue weighted by molar-refractivity contribution is 4.96. The molecule has 0 rings (SSSR count). The molecule has 0 aromatic rings. The maximum atomic E-state index is 8.70. The number of rotatable bonds is 6. The maximum Gasteiger partial charge on any atom is 0.0658 e. The van der Waals surface area contributed by atoms with Crippen molar-refractivity contribution in [1.29, 1.82) is 0 Å². The van der Waals surface area contributed by atoms with Gasteiger partial charge in [-0.15, -0.1) is 6.42 Å². The van der Waals surface area contributed by atoms with E-state index in [4.69, 9.17) is 11.5 Å². The molecule has 1 unspecified atom stereocenters. The van der Waals surface area contributed by atoms with E-state index in [0.717, 1.165) is 19.4 Å². The molecule has 2 nitrogen and oxygen atoms in total. The van der Waals surface area contributed by atoms with Crippen molar-refractivity contribution in [1.82, 2.24) is 5.32 Å². The molecule has 76 valence electrons. The molecule has 2 heteroatoms. The molecule has 0 aliphatic carbocycles. The minimum atomic E-state index is 0.133. The van der Waals surface area contributed by atoms with Crippen LogP contribution >= 0.6 is 0 Å². The Balaban J connectivity index is 3.69. The third kappa shape index (κ3) is 6.62. The van der Waals surface area contributed by atoms with Crippen LogP contribution in [0.4, 0.5) is 0 Å². The van der Waals surface area contributed by atoms with Gasteiger partial charge in [0.1, 0.15) is 0 Å². The number of aliphatic hydroxyl groups excluding tert-OH is 1. The molecule has 0 heterocycles. The Hall–Kier alpha value is -0.520. The highest BCUT2D eigenvalue weighted by atomic mass is 16.2. The topological polar surface area (TPSA) is 32.3 Å².